The lowest BCUT2D eigenvalue weighted by molar-refractivity contribution is -0.394. The summed E-state index contributed by atoms with van der Waals surface area (Å²) < 4.78 is 6.15. The van der Waals surface area contributed by atoms with Gasteiger partial charge < -0.3 is 4.74 Å². The van der Waals surface area contributed by atoms with E-state index >= 15 is 0 Å². The highest BCUT2D eigenvalue weighted by molar-refractivity contribution is 9.10. The van der Waals surface area contributed by atoms with Gasteiger partial charge in [0.25, 0.3) is 11.4 Å². The molecule has 0 aromatic heterocycles. The van der Waals surface area contributed by atoms with Crippen molar-refractivity contribution in [2.24, 2.45) is 4.99 Å². The average molecular weight is 470 g/mol. The number of hydrogen-bond acceptors (Lipinski definition) is 7. The summed E-state index contributed by atoms with van der Waals surface area (Å²) in [4.78, 5) is 37.0. The lowest BCUT2D eigenvalue weighted by Gasteiger charge is -2.05. The van der Waals surface area contributed by atoms with E-state index < -0.39 is 27.2 Å². The number of non-ortho nitro benzene ring substituents is 2. The minimum absolute atomic E-state index is 0.161. The maximum absolute atomic E-state index is 12.4. The first-order valence-electron chi connectivity index (χ1n) is 8.37. The van der Waals surface area contributed by atoms with Crippen LogP contribution in [0.25, 0.3) is 0 Å². The van der Waals surface area contributed by atoms with Gasteiger partial charge in [0.2, 0.25) is 0 Å². The summed E-state index contributed by atoms with van der Waals surface area (Å²) in [5.74, 6) is -0.794. The van der Waals surface area contributed by atoms with Gasteiger partial charge in [-0.15, -0.1) is 0 Å². The minimum atomic E-state index is -0.955. The van der Waals surface area contributed by atoms with Gasteiger partial charge in [-0.05, 0) is 42.0 Å². The summed E-state index contributed by atoms with van der Waals surface area (Å²) in [6, 6.07) is 16.4. The molecule has 3 aromatic carbocycles. The molecule has 0 radical (unpaired) electrons. The third kappa shape index (κ3) is 5.32. The molecule has 0 saturated carbocycles. The first-order chi connectivity index (χ1) is 14.3. The van der Waals surface area contributed by atoms with Gasteiger partial charge in [-0.25, -0.2) is 4.79 Å². The van der Waals surface area contributed by atoms with Gasteiger partial charge in [-0.2, -0.15) is 0 Å². The van der Waals surface area contributed by atoms with Crippen molar-refractivity contribution in [1.82, 2.24) is 0 Å². The van der Waals surface area contributed by atoms with Crippen molar-refractivity contribution in [3.8, 4) is 5.75 Å². The predicted octanol–water partition coefficient (Wildman–Crippen LogP) is 5.24. The molecule has 0 atom stereocenters. The van der Waals surface area contributed by atoms with E-state index in [-0.39, 0.29) is 11.3 Å². The number of ether oxygens (including phenoxy) is 1. The van der Waals surface area contributed by atoms with Gasteiger partial charge in [0.1, 0.15) is 5.75 Å². The van der Waals surface area contributed by atoms with Crippen LogP contribution in [0.1, 0.15) is 15.9 Å². The van der Waals surface area contributed by atoms with Crippen LogP contribution in [-0.4, -0.2) is 22.0 Å². The van der Waals surface area contributed by atoms with E-state index in [4.69, 9.17) is 4.74 Å². The fraction of sp³-hybridized carbons (Fsp3) is 0. The lowest BCUT2D eigenvalue weighted by atomic mass is 10.1. The number of nitrogens with zero attached hydrogens (tertiary/aromatic N) is 3. The first kappa shape index (κ1) is 20.8. The van der Waals surface area contributed by atoms with E-state index in [1.165, 1.54) is 6.07 Å². The van der Waals surface area contributed by atoms with Gasteiger partial charge >= 0.3 is 5.97 Å². The Kier molecular flexibility index (Phi) is 6.28. The van der Waals surface area contributed by atoms with Crippen molar-refractivity contribution in [1.29, 1.82) is 0 Å². The second-order valence-corrected chi connectivity index (χ2v) is 6.86. The van der Waals surface area contributed by atoms with E-state index in [2.05, 4.69) is 20.9 Å². The van der Waals surface area contributed by atoms with E-state index in [1.54, 1.807) is 24.4 Å². The Hall–Kier alpha value is -3.92. The van der Waals surface area contributed by atoms with Crippen LogP contribution in [0.15, 0.2) is 76.2 Å². The molecule has 0 spiro atoms. The van der Waals surface area contributed by atoms with Crippen molar-refractivity contribution in [3.63, 3.8) is 0 Å². The largest absolute Gasteiger partial charge is 0.423 e. The summed E-state index contributed by atoms with van der Waals surface area (Å²) in [6.45, 7) is 0. The quantitative estimate of drug-likeness (QED) is 0.160. The third-order valence-electron chi connectivity index (χ3n) is 3.82. The van der Waals surface area contributed by atoms with Crippen LogP contribution in [0, 0.1) is 20.2 Å². The Bertz CT molecular complexity index is 1130. The molecule has 30 heavy (non-hydrogen) atoms. The molecule has 9 nitrogen and oxygen atoms in total. The summed E-state index contributed by atoms with van der Waals surface area (Å²) >= 11 is 3.34. The van der Waals surface area contributed by atoms with Crippen molar-refractivity contribution < 1.29 is 19.4 Å². The number of nitro benzene ring substituents is 2. The first-order valence-corrected chi connectivity index (χ1v) is 9.17. The van der Waals surface area contributed by atoms with E-state index in [9.17, 15) is 25.0 Å². The molecule has 3 rings (SSSR count). The molecule has 0 aliphatic heterocycles. The normalized spacial score (nSPS) is 10.7. The number of benzene rings is 3. The number of hydrogen-bond donors (Lipinski definition) is 0. The zero-order chi connectivity index (χ0) is 21.7. The summed E-state index contributed by atoms with van der Waals surface area (Å²) in [5, 5.41) is 21.9. The van der Waals surface area contributed by atoms with Crippen molar-refractivity contribution in [2.45, 2.75) is 0 Å². The number of halogens is 1. The van der Waals surface area contributed by atoms with Crippen molar-refractivity contribution in [2.75, 3.05) is 0 Å². The number of carbonyl (C=O) groups excluding carboxylic acids is 1. The SMILES string of the molecule is O=C(Oc1cccc(C=Nc2ccc(Br)cc2)c1)c1cc([N+](=O)[O-])cc([N+](=O)[O-])c1. The smallest absolute Gasteiger partial charge is 0.344 e. The fourth-order valence-corrected chi connectivity index (χ4v) is 2.69. The van der Waals surface area contributed by atoms with Gasteiger partial charge in [-0.1, -0.05) is 28.1 Å². The number of rotatable bonds is 6. The standard InChI is InChI=1S/C20H12BrN3O6/c21-15-4-6-16(7-5-15)22-12-13-2-1-3-19(8-13)30-20(25)14-9-17(23(26)27)11-18(10-14)24(28)29/h1-12H. The zero-order valence-electron chi connectivity index (χ0n) is 15.1. The molecule has 0 heterocycles. The Balaban J connectivity index is 1.80. The Morgan fingerprint density at radius 3 is 2.17 bits per heavy atom. The second kappa shape index (κ2) is 9.05. The van der Waals surface area contributed by atoms with Gasteiger partial charge in [-0.3, -0.25) is 25.2 Å². The molecule has 0 aliphatic carbocycles. The lowest BCUT2D eigenvalue weighted by Crippen LogP contribution is -2.10. The van der Waals surface area contributed by atoms with E-state index in [0.29, 0.717) is 5.56 Å². The number of nitro groups is 2. The summed E-state index contributed by atoms with van der Waals surface area (Å²) in [6.07, 6.45) is 1.58. The molecule has 10 heteroatoms. The average Bonchev–Trinajstić information content (AvgIpc) is 2.73. The Morgan fingerprint density at radius 1 is 0.933 bits per heavy atom. The number of aliphatic imine (C=N–C) groups is 1. The van der Waals surface area contributed by atoms with Crippen LogP contribution in [0.2, 0.25) is 0 Å². The topological polar surface area (TPSA) is 125 Å². The summed E-state index contributed by atoms with van der Waals surface area (Å²) in [5.41, 5.74) is -0.0827. The van der Waals surface area contributed by atoms with Crippen LogP contribution < -0.4 is 4.74 Å². The number of carbonyl (C=O) groups is 1. The van der Waals surface area contributed by atoms with Crippen LogP contribution >= 0.6 is 15.9 Å². The Morgan fingerprint density at radius 2 is 1.57 bits per heavy atom. The maximum Gasteiger partial charge on any atom is 0.344 e. The van der Waals surface area contributed by atoms with Crippen molar-refractivity contribution >= 4 is 45.2 Å². The molecule has 0 saturated heterocycles. The second-order valence-electron chi connectivity index (χ2n) is 5.95. The molecule has 150 valence electrons. The Labute approximate surface area is 178 Å². The highest BCUT2D eigenvalue weighted by Gasteiger charge is 2.21. The molecule has 3 aromatic rings. The monoisotopic (exact) mass is 469 g/mol. The van der Waals surface area contributed by atoms with Gasteiger partial charge in [0, 0.05) is 22.8 Å². The highest BCUT2D eigenvalue weighted by Crippen LogP contribution is 2.24. The molecule has 0 aliphatic rings. The number of esters is 1. The molecular weight excluding hydrogens is 458 g/mol. The van der Waals surface area contributed by atoms with E-state index in [1.807, 2.05) is 24.3 Å². The fourth-order valence-electron chi connectivity index (χ4n) is 2.42. The molecule has 0 unspecified atom stereocenters. The zero-order valence-corrected chi connectivity index (χ0v) is 16.7. The van der Waals surface area contributed by atoms with Crippen LogP contribution in [0.4, 0.5) is 17.1 Å². The molecule has 0 N–H and O–H groups in total. The third-order valence-corrected chi connectivity index (χ3v) is 4.35. The molecular formula is C20H12BrN3O6. The van der Waals surface area contributed by atoms with Crippen molar-refractivity contribution in [3.05, 3.63) is 103 Å². The van der Waals surface area contributed by atoms with Crippen LogP contribution in [0.3, 0.4) is 0 Å². The molecule has 0 bridgehead atoms. The maximum atomic E-state index is 12.4. The molecule has 0 fully saturated rings. The van der Waals surface area contributed by atoms with Crippen LogP contribution in [-0.2, 0) is 0 Å². The minimum Gasteiger partial charge on any atom is -0.423 e. The van der Waals surface area contributed by atoms with Gasteiger partial charge in [0.05, 0.1) is 27.2 Å². The predicted molar refractivity (Wildman–Crippen MR) is 113 cm³/mol. The molecule has 0 amide bonds. The van der Waals surface area contributed by atoms with E-state index in [0.717, 1.165) is 28.4 Å². The highest BCUT2D eigenvalue weighted by atomic mass is 79.9. The van der Waals surface area contributed by atoms with Gasteiger partial charge in [0.15, 0.2) is 0 Å². The van der Waals surface area contributed by atoms with Crippen LogP contribution in [0.5, 0.6) is 5.75 Å². The summed E-state index contributed by atoms with van der Waals surface area (Å²) in [7, 11) is 0.